The minimum absolute atomic E-state index is 0.00941. The molecular weight excluding hydrogens is 272 g/mol. The molecule has 0 aliphatic rings. The summed E-state index contributed by atoms with van der Waals surface area (Å²) < 4.78 is 11.8. The van der Waals surface area contributed by atoms with Gasteiger partial charge in [0, 0.05) is 0 Å². The third-order valence-corrected chi connectivity index (χ3v) is 2.80. The standard InChI is InChI=1S/C15H16N2O4/c1-2-21-15(19)14-13(8-18)17(10-16-14)11-20-9-12-6-4-3-5-7-12/h3-8,10H,2,9,11H2,1H3. The molecule has 0 aliphatic carbocycles. The van der Waals surface area contributed by atoms with Gasteiger partial charge in [-0.15, -0.1) is 0 Å². The Labute approximate surface area is 122 Å². The molecule has 1 aromatic carbocycles. The van der Waals surface area contributed by atoms with Crippen LogP contribution in [0, 0.1) is 0 Å². The van der Waals surface area contributed by atoms with E-state index in [0.29, 0.717) is 12.9 Å². The number of hydrogen-bond acceptors (Lipinski definition) is 5. The highest BCUT2D eigenvalue weighted by Crippen LogP contribution is 2.08. The lowest BCUT2D eigenvalue weighted by Gasteiger charge is -2.07. The first-order chi connectivity index (χ1) is 10.3. The molecule has 0 saturated carbocycles. The van der Waals surface area contributed by atoms with E-state index in [1.54, 1.807) is 6.92 Å². The molecule has 0 spiro atoms. The van der Waals surface area contributed by atoms with Gasteiger partial charge in [-0.25, -0.2) is 9.78 Å². The van der Waals surface area contributed by atoms with E-state index >= 15 is 0 Å². The lowest BCUT2D eigenvalue weighted by molar-refractivity contribution is 0.0512. The molecule has 21 heavy (non-hydrogen) atoms. The number of carbonyl (C=O) groups excluding carboxylic acids is 2. The summed E-state index contributed by atoms with van der Waals surface area (Å²) in [4.78, 5) is 26.7. The Kier molecular flexibility index (Phi) is 5.22. The third kappa shape index (κ3) is 3.76. The van der Waals surface area contributed by atoms with Crippen molar-refractivity contribution in [3.05, 3.63) is 53.6 Å². The van der Waals surface area contributed by atoms with E-state index in [0.717, 1.165) is 5.56 Å². The summed E-state index contributed by atoms with van der Waals surface area (Å²) in [5.74, 6) is -0.610. The molecule has 0 unspecified atom stereocenters. The van der Waals surface area contributed by atoms with Crippen molar-refractivity contribution in [2.24, 2.45) is 0 Å². The highest BCUT2D eigenvalue weighted by Gasteiger charge is 2.18. The smallest absolute Gasteiger partial charge is 0.359 e. The van der Waals surface area contributed by atoms with Crippen molar-refractivity contribution in [1.82, 2.24) is 9.55 Å². The third-order valence-electron chi connectivity index (χ3n) is 2.80. The Balaban J connectivity index is 2.00. The van der Waals surface area contributed by atoms with E-state index in [-0.39, 0.29) is 24.7 Å². The minimum Gasteiger partial charge on any atom is -0.461 e. The molecule has 0 fully saturated rings. The fraction of sp³-hybridized carbons (Fsp3) is 0.267. The van der Waals surface area contributed by atoms with Gasteiger partial charge in [0.15, 0.2) is 12.0 Å². The molecule has 110 valence electrons. The summed E-state index contributed by atoms with van der Waals surface area (Å²) in [6, 6.07) is 9.66. The van der Waals surface area contributed by atoms with E-state index in [2.05, 4.69) is 4.98 Å². The first kappa shape index (κ1) is 14.9. The summed E-state index contributed by atoms with van der Waals surface area (Å²) in [6.45, 7) is 2.47. The number of nitrogens with zero attached hydrogens (tertiary/aromatic N) is 2. The van der Waals surface area contributed by atoms with E-state index in [1.165, 1.54) is 10.9 Å². The summed E-state index contributed by atoms with van der Waals surface area (Å²) in [6.07, 6.45) is 1.96. The topological polar surface area (TPSA) is 70.4 Å². The summed E-state index contributed by atoms with van der Waals surface area (Å²) in [5, 5.41) is 0. The van der Waals surface area contributed by atoms with Crippen molar-refractivity contribution >= 4 is 12.3 Å². The van der Waals surface area contributed by atoms with Crippen LogP contribution in [-0.4, -0.2) is 28.4 Å². The lowest BCUT2D eigenvalue weighted by Crippen LogP contribution is -2.11. The Morgan fingerprint density at radius 2 is 2.10 bits per heavy atom. The molecule has 2 aromatic rings. The van der Waals surface area contributed by atoms with Crippen molar-refractivity contribution in [2.45, 2.75) is 20.3 Å². The molecule has 1 heterocycles. The summed E-state index contributed by atoms with van der Waals surface area (Å²) in [7, 11) is 0. The van der Waals surface area contributed by atoms with E-state index < -0.39 is 5.97 Å². The molecule has 6 nitrogen and oxygen atoms in total. The van der Waals surface area contributed by atoms with Crippen LogP contribution in [0.4, 0.5) is 0 Å². The van der Waals surface area contributed by atoms with Crippen LogP contribution < -0.4 is 0 Å². The average Bonchev–Trinajstić information content (AvgIpc) is 2.91. The van der Waals surface area contributed by atoms with Crippen molar-refractivity contribution < 1.29 is 19.1 Å². The van der Waals surface area contributed by atoms with Crippen LogP contribution in [0.2, 0.25) is 0 Å². The van der Waals surface area contributed by atoms with E-state index in [4.69, 9.17) is 9.47 Å². The van der Waals surface area contributed by atoms with Crippen LogP contribution >= 0.6 is 0 Å². The minimum atomic E-state index is -0.610. The molecule has 0 aliphatic heterocycles. The van der Waals surface area contributed by atoms with Gasteiger partial charge in [0.05, 0.1) is 19.5 Å². The van der Waals surface area contributed by atoms with Crippen LogP contribution in [0.1, 0.15) is 33.5 Å². The van der Waals surface area contributed by atoms with Gasteiger partial charge in [-0.1, -0.05) is 30.3 Å². The number of carbonyl (C=O) groups is 2. The SMILES string of the molecule is CCOC(=O)c1ncn(COCc2ccccc2)c1C=O. The molecule has 0 saturated heterocycles. The molecule has 2 rings (SSSR count). The van der Waals surface area contributed by atoms with E-state index in [9.17, 15) is 9.59 Å². The molecule has 0 N–H and O–H groups in total. The van der Waals surface area contributed by atoms with Crippen molar-refractivity contribution in [3.63, 3.8) is 0 Å². The maximum Gasteiger partial charge on any atom is 0.359 e. The molecule has 0 atom stereocenters. The number of imidazole rings is 1. The molecule has 0 bridgehead atoms. The summed E-state index contributed by atoms with van der Waals surface area (Å²) in [5.41, 5.74) is 1.19. The van der Waals surface area contributed by atoms with Gasteiger partial charge in [0.1, 0.15) is 12.4 Å². The quantitative estimate of drug-likeness (QED) is 0.576. The maximum absolute atomic E-state index is 11.6. The first-order valence-corrected chi connectivity index (χ1v) is 6.55. The van der Waals surface area contributed by atoms with Gasteiger partial charge in [0.2, 0.25) is 0 Å². The molecule has 1 aromatic heterocycles. The van der Waals surface area contributed by atoms with E-state index in [1.807, 2.05) is 30.3 Å². The van der Waals surface area contributed by atoms with Gasteiger partial charge in [0.25, 0.3) is 0 Å². The Morgan fingerprint density at radius 3 is 2.76 bits per heavy atom. The molecule has 0 radical (unpaired) electrons. The monoisotopic (exact) mass is 288 g/mol. The fourth-order valence-electron chi connectivity index (χ4n) is 1.81. The van der Waals surface area contributed by atoms with Gasteiger partial charge in [-0.3, -0.25) is 4.79 Å². The number of ether oxygens (including phenoxy) is 2. The number of benzene rings is 1. The van der Waals surface area contributed by atoms with Crippen LogP contribution in [0.25, 0.3) is 0 Å². The molecule has 6 heteroatoms. The second-order valence-electron chi connectivity index (χ2n) is 4.25. The average molecular weight is 288 g/mol. The maximum atomic E-state index is 11.6. The zero-order valence-electron chi connectivity index (χ0n) is 11.7. The predicted octanol–water partition coefficient (Wildman–Crippen LogP) is 2.05. The number of hydrogen-bond donors (Lipinski definition) is 0. The van der Waals surface area contributed by atoms with Crippen molar-refractivity contribution in [2.75, 3.05) is 6.61 Å². The highest BCUT2D eigenvalue weighted by atomic mass is 16.5. The second kappa shape index (κ2) is 7.35. The Bertz CT molecular complexity index is 607. The first-order valence-electron chi connectivity index (χ1n) is 6.55. The number of rotatable bonds is 7. The molecular formula is C15H16N2O4. The molecule has 0 amide bonds. The van der Waals surface area contributed by atoms with Crippen LogP contribution in [0.3, 0.4) is 0 Å². The van der Waals surface area contributed by atoms with Crippen LogP contribution in [0.15, 0.2) is 36.7 Å². The zero-order valence-corrected chi connectivity index (χ0v) is 11.7. The highest BCUT2D eigenvalue weighted by molar-refractivity contribution is 5.95. The van der Waals surface area contributed by atoms with Gasteiger partial charge >= 0.3 is 5.97 Å². The largest absolute Gasteiger partial charge is 0.461 e. The Morgan fingerprint density at radius 1 is 1.33 bits per heavy atom. The fourth-order valence-corrected chi connectivity index (χ4v) is 1.81. The zero-order chi connectivity index (χ0) is 15.1. The van der Waals surface area contributed by atoms with Gasteiger partial charge in [-0.05, 0) is 12.5 Å². The summed E-state index contributed by atoms with van der Waals surface area (Å²) >= 11 is 0. The van der Waals surface area contributed by atoms with Crippen LogP contribution in [-0.2, 0) is 22.8 Å². The van der Waals surface area contributed by atoms with Crippen LogP contribution in [0.5, 0.6) is 0 Å². The van der Waals surface area contributed by atoms with Crippen molar-refractivity contribution in [1.29, 1.82) is 0 Å². The van der Waals surface area contributed by atoms with Gasteiger partial charge in [-0.2, -0.15) is 0 Å². The number of esters is 1. The van der Waals surface area contributed by atoms with Crippen molar-refractivity contribution in [3.8, 4) is 0 Å². The normalized spacial score (nSPS) is 10.3. The second-order valence-corrected chi connectivity index (χ2v) is 4.25. The lowest BCUT2D eigenvalue weighted by atomic mass is 10.2. The number of aromatic nitrogens is 2. The Hall–Kier alpha value is -2.47. The number of aldehydes is 1. The predicted molar refractivity (Wildman–Crippen MR) is 74.8 cm³/mol. The van der Waals surface area contributed by atoms with Gasteiger partial charge < -0.3 is 14.0 Å².